The molecule has 0 bridgehead atoms. The molecule has 1 aliphatic heterocycles. The molecular weight excluding hydrogens is 435 g/mol. The number of benzene rings is 1. The van der Waals surface area contributed by atoms with E-state index in [-0.39, 0.29) is 24.0 Å². The fraction of sp³-hybridized carbons (Fsp3) is 0.588. The van der Waals surface area contributed by atoms with Crippen LogP contribution in [0.1, 0.15) is 6.42 Å². The zero-order valence-corrected chi connectivity index (χ0v) is 17.5. The van der Waals surface area contributed by atoms with Crippen LogP contribution in [0, 0.1) is 5.92 Å². The smallest absolute Gasteiger partial charge is 0.188 e. The highest BCUT2D eigenvalue weighted by Gasteiger charge is 2.23. The van der Waals surface area contributed by atoms with E-state index in [2.05, 4.69) is 15.2 Å². The quantitative estimate of drug-likeness (QED) is 0.264. The molecule has 0 amide bonds. The van der Waals surface area contributed by atoms with Crippen LogP contribution in [0.5, 0.6) is 11.5 Å². The maximum Gasteiger partial charge on any atom is 0.188 e. The van der Waals surface area contributed by atoms with Gasteiger partial charge in [0.2, 0.25) is 0 Å². The molecule has 1 fully saturated rings. The average Bonchev–Trinajstić information content (AvgIpc) is 3.08. The van der Waals surface area contributed by atoms with Crippen LogP contribution in [0.15, 0.2) is 23.2 Å². The van der Waals surface area contributed by atoms with Gasteiger partial charge in [0, 0.05) is 57.2 Å². The van der Waals surface area contributed by atoms with Crippen LogP contribution >= 0.6 is 24.0 Å². The highest BCUT2D eigenvalue weighted by Crippen LogP contribution is 2.31. The van der Waals surface area contributed by atoms with Crippen molar-refractivity contribution in [2.45, 2.75) is 6.42 Å². The van der Waals surface area contributed by atoms with E-state index in [0.29, 0.717) is 25.0 Å². The number of rotatable bonds is 8. The van der Waals surface area contributed by atoms with E-state index in [1.54, 1.807) is 21.3 Å². The second kappa shape index (κ2) is 11.2. The summed E-state index contributed by atoms with van der Waals surface area (Å²) < 4.78 is 15.7. The van der Waals surface area contributed by atoms with Crippen molar-refractivity contribution in [3.63, 3.8) is 0 Å². The molecule has 25 heavy (non-hydrogen) atoms. The minimum atomic E-state index is 0. The number of anilines is 1. The van der Waals surface area contributed by atoms with Crippen LogP contribution in [-0.4, -0.2) is 60.1 Å². The Kier molecular flexibility index (Phi) is 9.73. The molecule has 1 aliphatic rings. The van der Waals surface area contributed by atoms with E-state index in [4.69, 9.17) is 19.9 Å². The Morgan fingerprint density at radius 2 is 1.92 bits per heavy atom. The van der Waals surface area contributed by atoms with E-state index < -0.39 is 0 Å². The number of ether oxygens (including phenoxy) is 3. The minimum absolute atomic E-state index is 0. The standard InChI is InChI=1S/C17H28N4O3.HI/c1-22-7-5-19-17(18)20-11-13-4-6-21(12-13)14-8-15(23-2)10-16(9-14)24-3;/h8-10,13H,4-7,11-12H2,1-3H3,(H3,18,19,20);1H. The molecule has 1 atom stereocenters. The summed E-state index contributed by atoms with van der Waals surface area (Å²) in [6.45, 7) is 3.96. The number of methoxy groups -OCH3 is 3. The first-order chi connectivity index (χ1) is 11.7. The van der Waals surface area contributed by atoms with Gasteiger partial charge in [0.05, 0.1) is 20.8 Å². The summed E-state index contributed by atoms with van der Waals surface area (Å²) in [6.07, 6.45) is 1.09. The number of aliphatic imine (C=N–C) groups is 1. The van der Waals surface area contributed by atoms with Gasteiger partial charge in [0.1, 0.15) is 11.5 Å². The van der Waals surface area contributed by atoms with Gasteiger partial charge in [-0.3, -0.25) is 4.99 Å². The highest BCUT2D eigenvalue weighted by atomic mass is 127. The molecule has 0 aliphatic carbocycles. The number of nitrogens with one attached hydrogen (secondary N) is 1. The molecule has 1 aromatic rings. The third kappa shape index (κ3) is 6.77. The Hall–Kier alpha value is -1.42. The molecule has 2 rings (SSSR count). The summed E-state index contributed by atoms with van der Waals surface area (Å²) in [6, 6.07) is 5.96. The van der Waals surface area contributed by atoms with Crippen LogP contribution in [0.3, 0.4) is 0 Å². The van der Waals surface area contributed by atoms with Crippen LogP contribution in [-0.2, 0) is 4.74 Å². The van der Waals surface area contributed by atoms with E-state index in [1.807, 2.05) is 18.2 Å². The minimum Gasteiger partial charge on any atom is -0.497 e. The maximum atomic E-state index is 5.85. The average molecular weight is 464 g/mol. The van der Waals surface area contributed by atoms with Crippen molar-refractivity contribution >= 4 is 35.6 Å². The molecule has 1 unspecified atom stereocenters. The van der Waals surface area contributed by atoms with Crippen molar-refractivity contribution in [2.75, 3.05) is 59.0 Å². The summed E-state index contributed by atoms with van der Waals surface area (Å²) in [5.74, 6) is 2.58. The zero-order chi connectivity index (χ0) is 17.4. The third-order valence-electron chi connectivity index (χ3n) is 4.12. The van der Waals surface area contributed by atoms with Gasteiger partial charge in [-0.2, -0.15) is 0 Å². The van der Waals surface area contributed by atoms with E-state index in [1.165, 1.54) is 0 Å². The van der Waals surface area contributed by atoms with Gasteiger partial charge in [-0.05, 0) is 12.3 Å². The third-order valence-corrected chi connectivity index (χ3v) is 4.12. The summed E-state index contributed by atoms with van der Waals surface area (Å²) in [5.41, 5.74) is 6.97. The molecule has 1 aromatic carbocycles. The Morgan fingerprint density at radius 1 is 1.24 bits per heavy atom. The summed E-state index contributed by atoms with van der Waals surface area (Å²) in [7, 11) is 4.99. The molecule has 1 heterocycles. The molecule has 1 saturated heterocycles. The number of nitrogens with two attached hydrogens (primary N) is 1. The molecule has 0 radical (unpaired) electrons. The van der Waals surface area contributed by atoms with Crippen molar-refractivity contribution in [3.05, 3.63) is 18.2 Å². The maximum absolute atomic E-state index is 5.85. The zero-order valence-electron chi connectivity index (χ0n) is 15.2. The van der Waals surface area contributed by atoms with Gasteiger partial charge in [0.15, 0.2) is 5.96 Å². The molecule has 0 spiro atoms. The molecule has 8 heteroatoms. The molecule has 0 aromatic heterocycles. The Morgan fingerprint density at radius 3 is 2.52 bits per heavy atom. The lowest BCUT2D eigenvalue weighted by molar-refractivity contribution is 0.204. The number of halogens is 1. The van der Waals surface area contributed by atoms with Gasteiger partial charge in [-0.25, -0.2) is 0 Å². The number of hydrogen-bond acceptors (Lipinski definition) is 5. The highest BCUT2D eigenvalue weighted by molar-refractivity contribution is 14.0. The van der Waals surface area contributed by atoms with Gasteiger partial charge in [-0.15, -0.1) is 24.0 Å². The lowest BCUT2D eigenvalue weighted by Crippen LogP contribution is -2.34. The second-order valence-corrected chi connectivity index (χ2v) is 5.82. The van der Waals surface area contributed by atoms with Crippen LogP contribution in [0.25, 0.3) is 0 Å². The lowest BCUT2D eigenvalue weighted by atomic mass is 10.1. The van der Waals surface area contributed by atoms with Gasteiger partial charge >= 0.3 is 0 Å². The van der Waals surface area contributed by atoms with Crippen LogP contribution in [0.2, 0.25) is 0 Å². The summed E-state index contributed by atoms with van der Waals surface area (Å²) >= 11 is 0. The fourth-order valence-electron chi connectivity index (χ4n) is 2.76. The topological polar surface area (TPSA) is 81.3 Å². The number of hydrogen-bond donors (Lipinski definition) is 2. The van der Waals surface area contributed by atoms with Crippen molar-refractivity contribution < 1.29 is 14.2 Å². The largest absolute Gasteiger partial charge is 0.497 e. The van der Waals surface area contributed by atoms with Crippen molar-refractivity contribution in [1.29, 1.82) is 0 Å². The monoisotopic (exact) mass is 464 g/mol. The Balaban J connectivity index is 0.00000312. The normalized spacial score (nSPS) is 17.2. The van der Waals surface area contributed by atoms with Crippen molar-refractivity contribution in [3.8, 4) is 11.5 Å². The van der Waals surface area contributed by atoms with Gasteiger partial charge in [-0.1, -0.05) is 0 Å². The van der Waals surface area contributed by atoms with Gasteiger partial charge < -0.3 is 30.2 Å². The molecule has 3 N–H and O–H groups in total. The SMILES string of the molecule is COCCNC(N)=NCC1CCN(c2cc(OC)cc(OC)c2)C1.I. The van der Waals surface area contributed by atoms with Crippen molar-refractivity contribution in [1.82, 2.24) is 5.32 Å². The molecule has 7 nitrogen and oxygen atoms in total. The number of nitrogens with zero attached hydrogens (tertiary/aromatic N) is 2. The first-order valence-corrected chi connectivity index (χ1v) is 8.17. The van der Waals surface area contributed by atoms with Crippen LogP contribution < -0.4 is 25.4 Å². The molecular formula is C17H29IN4O3. The summed E-state index contributed by atoms with van der Waals surface area (Å²) in [4.78, 5) is 6.76. The summed E-state index contributed by atoms with van der Waals surface area (Å²) in [5, 5.41) is 3.04. The second-order valence-electron chi connectivity index (χ2n) is 5.82. The first kappa shape index (κ1) is 21.6. The molecule has 142 valence electrons. The van der Waals surface area contributed by atoms with E-state index in [0.717, 1.165) is 43.2 Å². The Labute approximate surface area is 166 Å². The predicted molar refractivity (Wildman–Crippen MR) is 112 cm³/mol. The van der Waals surface area contributed by atoms with Gasteiger partial charge in [0.25, 0.3) is 0 Å². The Bertz CT molecular complexity index is 534. The number of guanidine groups is 1. The first-order valence-electron chi connectivity index (χ1n) is 8.17. The van der Waals surface area contributed by atoms with E-state index >= 15 is 0 Å². The lowest BCUT2D eigenvalue weighted by Gasteiger charge is -2.20. The van der Waals surface area contributed by atoms with Crippen molar-refractivity contribution in [2.24, 2.45) is 16.6 Å². The molecule has 0 saturated carbocycles. The van der Waals surface area contributed by atoms with Crippen LogP contribution in [0.4, 0.5) is 5.69 Å². The predicted octanol–water partition coefficient (Wildman–Crippen LogP) is 1.70. The fourth-order valence-corrected chi connectivity index (χ4v) is 2.76. The van der Waals surface area contributed by atoms with E-state index in [9.17, 15) is 0 Å².